The Hall–Kier alpha value is -1.29. The number of aliphatic hydroxyl groups excluding tert-OH is 1. The van der Waals surface area contributed by atoms with Gasteiger partial charge in [-0.05, 0) is 25.4 Å². The molecule has 6 fully saturated rings. The zero-order chi connectivity index (χ0) is 23.0. The minimum atomic E-state index is -0.463. The van der Waals surface area contributed by atoms with Gasteiger partial charge in [0.15, 0.2) is 0 Å². The van der Waals surface area contributed by atoms with E-state index in [0.717, 1.165) is 52.4 Å². The molecule has 0 spiro atoms. The summed E-state index contributed by atoms with van der Waals surface area (Å²) in [6, 6.07) is 0.818. The molecule has 0 radical (unpaired) electrons. The molecular formula is C22H37ClN4O4. The van der Waals surface area contributed by atoms with E-state index < -0.39 is 5.24 Å². The molecule has 0 saturated carbocycles. The number of ether oxygens (including phenoxy) is 1. The van der Waals surface area contributed by atoms with Crippen molar-refractivity contribution in [2.24, 2.45) is 0 Å². The molecule has 6 saturated heterocycles. The molecule has 0 amide bonds. The minimum absolute atomic E-state index is 0.271. The Kier molecular flexibility index (Phi) is 10.6. The Balaban J connectivity index is 0.000000184. The number of esters is 1. The topological polar surface area (TPSA) is 76.6 Å². The van der Waals surface area contributed by atoms with E-state index in [2.05, 4.69) is 32.8 Å². The van der Waals surface area contributed by atoms with Crippen molar-refractivity contribution in [3.63, 3.8) is 0 Å². The Bertz CT molecular complexity index is 631. The molecule has 6 rings (SSSR count). The van der Waals surface area contributed by atoms with Crippen LogP contribution in [0.4, 0.5) is 0 Å². The summed E-state index contributed by atoms with van der Waals surface area (Å²) in [7, 11) is 0. The molecule has 6 heterocycles. The van der Waals surface area contributed by atoms with Crippen LogP contribution in [0.15, 0.2) is 24.3 Å². The van der Waals surface area contributed by atoms with Crippen LogP contribution in [0.1, 0.15) is 13.8 Å². The molecule has 1 N–H and O–H groups in total. The van der Waals surface area contributed by atoms with Crippen molar-refractivity contribution in [3.05, 3.63) is 24.3 Å². The van der Waals surface area contributed by atoms with Crippen LogP contribution in [-0.2, 0) is 14.3 Å². The van der Waals surface area contributed by atoms with Gasteiger partial charge in [0.05, 0.1) is 12.6 Å². The van der Waals surface area contributed by atoms with Crippen molar-refractivity contribution in [3.8, 4) is 0 Å². The van der Waals surface area contributed by atoms with E-state index in [-0.39, 0.29) is 5.97 Å². The smallest absolute Gasteiger partial charge is 0.333 e. The van der Waals surface area contributed by atoms with Crippen molar-refractivity contribution in [2.75, 3.05) is 78.7 Å². The number of piperazine rings is 6. The Morgan fingerprint density at radius 3 is 1.55 bits per heavy atom. The van der Waals surface area contributed by atoms with Gasteiger partial charge in [-0.2, -0.15) is 0 Å². The molecule has 31 heavy (non-hydrogen) atoms. The summed E-state index contributed by atoms with van der Waals surface area (Å²) < 4.78 is 5.19. The van der Waals surface area contributed by atoms with E-state index in [1.165, 1.54) is 13.1 Å². The second kappa shape index (κ2) is 12.7. The molecule has 0 aromatic heterocycles. The van der Waals surface area contributed by atoms with E-state index in [4.69, 9.17) is 21.4 Å². The molecule has 9 heteroatoms. The first-order valence-corrected chi connectivity index (χ1v) is 11.3. The average Bonchev–Trinajstić information content (AvgIpc) is 2.79. The highest BCUT2D eigenvalue weighted by atomic mass is 35.5. The highest BCUT2D eigenvalue weighted by molar-refractivity contribution is 6.67. The lowest BCUT2D eigenvalue weighted by Gasteiger charge is -2.47. The van der Waals surface area contributed by atoms with Crippen LogP contribution in [0.3, 0.4) is 0 Å². The average molecular weight is 457 g/mol. The first-order chi connectivity index (χ1) is 14.7. The molecule has 4 bridgehead atoms. The molecule has 8 nitrogen and oxygen atoms in total. The number of fused-ring (bicyclic) bond motifs is 6. The molecule has 2 atom stereocenters. The monoisotopic (exact) mass is 456 g/mol. The summed E-state index contributed by atoms with van der Waals surface area (Å²) in [5.74, 6) is -0.271. The third-order valence-electron chi connectivity index (χ3n) is 6.09. The number of halogens is 1. The maximum Gasteiger partial charge on any atom is 0.333 e. The van der Waals surface area contributed by atoms with Crippen LogP contribution in [0, 0.1) is 0 Å². The fourth-order valence-corrected chi connectivity index (χ4v) is 4.08. The van der Waals surface area contributed by atoms with Crippen molar-refractivity contribution in [1.29, 1.82) is 0 Å². The molecule has 176 valence electrons. The van der Waals surface area contributed by atoms with Gasteiger partial charge in [0.25, 0.3) is 0 Å². The van der Waals surface area contributed by atoms with E-state index in [0.29, 0.717) is 36.4 Å². The van der Waals surface area contributed by atoms with Gasteiger partial charge in [-0.3, -0.25) is 24.4 Å². The number of hydrogen-bond donors (Lipinski definition) is 1. The summed E-state index contributed by atoms with van der Waals surface area (Å²) in [6.45, 7) is 22.3. The summed E-state index contributed by atoms with van der Waals surface area (Å²) >= 11 is 4.87. The molecule has 2 unspecified atom stereocenters. The Labute approximate surface area is 191 Å². The maximum absolute atomic E-state index is 11.2. The summed E-state index contributed by atoms with van der Waals surface area (Å²) in [5.41, 5.74) is 0.864. The summed E-state index contributed by atoms with van der Waals surface area (Å²) in [4.78, 5) is 30.7. The van der Waals surface area contributed by atoms with Crippen LogP contribution < -0.4 is 0 Å². The first kappa shape index (κ1) is 26.0. The highest BCUT2D eigenvalue weighted by Crippen LogP contribution is 2.16. The van der Waals surface area contributed by atoms with Crippen LogP contribution in [0.5, 0.6) is 0 Å². The zero-order valence-electron chi connectivity index (χ0n) is 18.9. The van der Waals surface area contributed by atoms with Crippen molar-refractivity contribution in [2.45, 2.75) is 25.9 Å². The number of carbonyl (C=O) groups excluding carboxylic acids is 2. The molecular weight excluding hydrogens is 420 g/mol. The summed E-state index contributed by atoms with van der Waals surface area (Å²) in [6.07, 6.45) is 0. The van der Waals surface area contributed by atoms with Crippen LogP contribution in [0.25, 0.3) is 0 Å². The van der Waals surface area contributed by atoms with Gasteiger partial charge in [-0.15, -0.1) is 0 Å². The molecule has 6 aliphatic heterocycles. The number of rotatable bonds is 5. The lowest BCUT2D eigenvalue weighted by molar-refractivity contribution is -0.142. The molecule has 0 aromatic carbocycles. The van der Waals surface area contributed by atoms with Crippen LogP contribution >= 0.6 is 11.6 Å². The fourth-order valence-electron chi connectivity index (χ4n) is 4.08. The SMILES string of the molecule is C=C(C)C(=O)Cl.C=C(C)C(=O)OCC1CN2CCN1CC2.OCC1CN2CCN1CC2. The minimum Gasteiger partial charge on any atom is -0.461 e. The second-order valence-corrected chi connectivity index (χ2v) is 8.94. The van der Waals surface area contributed by atoms with Crippen molar-refractivity contribution >= 4 is 22.8 Å². The van der Waals surface area contributed by atoms with Gasteiger partial charge in [-0.1, -0.05) is 13.2 Å². The van der Waals surface area contributed by atoms with Gasteiger partial charge in [-0.25, -0.2) is 4.79 Å². The predicted molar refractivity (Wildman–Crippen MR) is 122 cm³/mol. The Morgan fingerprint density at radius 2 is 1.29 bits per heavy atom. The van der Waals surface area contributed by atoms with Gasteiger partial charge in [0.1, 0.15) is 6.61 Å². The summed E-state index contributed by atoms with van der Waals surface area (Å²) in [5, 5.41) is 8.48. The van der Waals surface area contributed by atoms with Gasteiger partial charge in [0.2, 0.25) is 5.24 Å². The molecule has 0 aliphatic carbocycles. The quantitative estimate of drug-likeness (QED) is 0.362. The second-order valence-electron chi connectivity index (χ2n) is 8.60. The lowest BCUT2D eigenvalue weighted by atomic mass is 10.1. The normalized spacial score (nSPS) is 32.6. The van der Waals surface area contributed by atoms with Crippen LogP contribution in [-0.4, -0.2) is 127 Å². The van der Waals surface area contributed by atoms with Crippen molar-refractivity contribution in [1.82, 2.24) is 19.6 Å². The third-order valence-corrected chi connectivity index (χ3v) is 6.41. The highest BCUT2D eigenvalue weighted by Gasteiger charge is 2.32. The number of allylic oxidation sites excluding steroid dienone is 1. The van der Waals surface area contributed by atoms with Crippen LogP contribution in [0.2, 0.25) is 0 Å². The zero-order valence-corrected chi connectivity index (χ0v) is 19.6. The van der Waals surface area contributed by atoms with E-state index in [9.17, 15) is 9.59 Å². The lowest BCUT2D eigenvalue weighted by Crippen LogP contribution is -2.62. The first-order valence-electron chi connectivity index (χ1n) is 10.9. The van der Waals surface area contributed by atoms with E-state index in [1.807, 2.05) is 0 Å². The largest absolute Gasteiger partial charge is 0.461 e. The fraction of sp³-hybridized carbons (Fsp3) is 0.727. The Morgan fingerprint density at radius 1 is 0.871 bits per heavy atom. The number of nitrogens with zero attached hydrogens (tertiary/aromatic N) is 4. The maximum atomic E-state index is 11.2. The van der Waals surface area contributed by atoms with E-state index in [1.54, 1.807) is 13.8 Å². The standard InChI is InChI=1S/C11H18N2O2.C7H14N2O.C4H5ClO/c1-9(2)11(14)15-8-10-7-12-3-5-13(10)6-4-12;10-6-7-5-8-1-3-9(7)4-2-8;1-3(2)4(5)6/h10H,1,3-8H2,2H3;7,10H,1-6H2;1H2,2H3. The van der Waals surface area contributed by atoms with Gasteiger partial charge < -0.3 is 9.84 Å². The third kappa shape index (κ3) is 8.29. The van der Waals surface area contributed by atoms with Gasteiger partial charge >= 0.3 is 5.97 Å². The number of hydrogen-bond acceptors (Lipinski definition) is 8. The van der Waals surface area contributed by atoms with Gasteiger partial charge in [0, 0.05) is 82.6 Å². The number of aliphatic hydroxyl groups is 1. The van der Waals surface area contributed by atoms with Crippen molar-refractivity contribution < 1.29 is 19.4 Å². The number of carbonyl (C=O) groups is 2. The molecule has 6 aliphatic rings. The molecule has 0 aromatic rings. The predicted octanol–water partition coefficient (Wildman–Crippen LogP) is 0.412. The van der Waals surface area contributed by atoms with E-state index >= 15 is 0 Å².